The average molecular weight is 546 g/mol. The lowest BCUT2D eigenvalue weighted by atomic mass is 9.75. The van der Waals surface area contributed by atoms with Gasteiger partial charge in [-0.2, -0.15) is 0 Å². The van der Waals surface area contributed by atoms with E-state index in [1.165, 1.54) is 11.8 Å². The molecule has 11 heteroatoms. The van der Waals surface area contributed by atoms with Crippen molar-refractivity contribution in [3.05, 3.63) is 66.6 Å². The van der Waals surface area contributed by atoms with E-state index >= 15 is 0 Å². The van der Waals surface area contributed by atoms with Crippen molar-refractivity contribution in [1.82, 2.24) is 5.32 Å². The number of rotatable bonds is 3. The summed E-state index contributed by atoms with van der Waals surface area (Å²) in [5.41, 5.74) is 5.11. The van der Waals surface area contributed by atoms with Gasteiger partial charge in [0.2, 0.25) is 4.93 Å². The lowest BCUT2D eigenvalue weighted by Gasteiger charge is -2.51. The number of thioether (sulfide) groups is 1. The fourth-order valence-electron chi connectivity index (χ4n) is 4.58. The SMILES string of the molecule is NC(=O)C1=C(NC(=O)c2ccccc2)S[C@@]23CCCC[C@]12Oc1c(Cl)c(Cl)c(Cl)c(Cl)c1O3. The van der Waals surface area contributed by atoms with Gasteiger partial charge in [0.25, 0.3) is 11.8 Å². The van der Waals surface area contributed by atoms with Gasteiger partial charge in [-0.15, -0.1) is 0 Å². The number of nitrogens with one attached hydrogen (secondary N) is 1. The van der Waals surface area contributed by atoms with Crippen LogP contribution in [0.1, 0.15) is 36.0 Å². The fraction of sp³-hybridized carbons (Fsp3) is 0.273. The number of amides is 2. The molecule has 6 nitrogen and oxygen atoms in total. The zero-order valence-electron chi connectivity index (χ0n) is 16.8. The number of carbonyl (C=O) groups excluding carboxylic acids is 2. The van der Waals surface area contributed by atoms with Crippen LogP contribution in [-0.2, 0) is 4.79 Å². The standard InChI is InChI=1S/C22H16Cl4N2O4S/c23-12-13(24)15(26)17-16(14(12)25)31-21-8-4-5-9-22(21,32-17)33-20(11(21)18(27)29)28-19(30)10-6-2-1-3-7-10/h1-3,6-7H,4-5,8-9H2,(H2,27,29)(H,28,30)/t21-,22-/m0/s1. The first kappa shape index (κ1) is 23.0. The maximum Gasteiger partial charge on any atom is 0.256 e. The maximum absolute atomic E-state index is 12.9. The Kier molecular flexibility index (Phi) is 5.69. The van der Waals surface area contributed by atoms with Crippen molar-refractivity contribution in [3.63, 3.8) is 0 Å². The molecule has 5 rings (SSSR count). The highest BCUT2D eigenvalue weighted by Gasteiger charge is 2.69. The summed E-state index contributed by atoms with van der Waals surface area (Å²) >= 11 is 26.6. The zero-order chi connectivity index (χ0) is 23.5. The van der Waals surface area contributed by atoms with E-state index in [0.717, 1.165) is 12.8 Å². The first-order valence-corrected chi connectivity index (χ1v) is 12.4. The van der Waals surface area contributed by atoms with Crippen LogP contribution in [0.5, 0.6) is 11.5 Å². The summed E-state index contributed by atoms with van der Waals surface area (Å²) in [6.07, 6.45) is 2.46. The lowest BCUT2D eigenvalue weighted by molar-refractivity contribution is -0.123. The maximum atomic E-state index is 12.9. The van der Waals surface area contributed by atoms with Gasteiger partial charge < -0.3 is 20.5 Å². The number of hydrogen-bond acceptors (Lipinski definition) is 5. The second-order valence-electron chi connectivity index (χ2n) is 7.90. The highest BCUT2D eigenvalue weighted by atomic mass is 35.5. The molecule has 1 fully saturated rings. The number of carbonyl (C=O) groups is 2. The smallest absolute Gasteiger partial charge is 0.256 e. The van der Waals surface area contributed by atoms with Gasteiger partial charge >= 0.3 is 0 Å². The van der Waals surface area contributed by atoms with Gasteiger partial charge in [-0.3, -0.25) is 9.59 Å². The van der Waals surface area contributed by atoms with Gasteiger partial charge in [0.1, 0.15) is 10.0 Å². The van der Waals surface area contributed by atoms with Crippen LogP contribution in [-0.4, -0.2) is 22.3 Å². The van der Waals surface area contributed by atoms with Gasteiger partial charge in [-0.05, 0) is 31.4 Å². The Hall–Kier alpha value is -1.77. The van der Waals surface area contributed by atoms with E-state index in [4.69, 9.17) is 61.6 Å². The Morgan fingerprint density at radius 1 is 0.909 bits per heavy atom. The summed E-state index contributed by atoms with van der Waals surface area (Å²) in [6, 6.07) is 8.64. The number of primary amides is 1. The van der Waals surface area contributed by atoms with Crippen molar-refractivity contribution in [2.45, 2.75) is 36.2 Å². The Labute approximate surface area is 213 Å². The third kappa shape index (κ3) is 3.32. The normalized spacial score (nSPS) is 25.3. The summed E-state index contributed by atoms with van der Waals surface area (Å²) in [5, 5.41) is 3.23. The molecule has 0 bridgehead atoms. The van der Waals surface area contributed by atoms with Crippen LogP contribution in [0.3, 0.4) is 0 Å². The summed E-state index contributed by atoms with van der Waals surface area (Å²) in [7, 11) is 0. The summed E-state index contributed by atoms with van der Waals surface area (Å²) < 4.78 is 12.9. The van der Waals surface area contributed by atoms with Crippen molar-refractivity contribution in [1.29, 1.82) is 0 Å². The highest BCUT2D eigenvalue weighted by molar-refractivity contribution is 8.04. The Bertz CT molecular complexity index is 1240. The largest absolute Gasteiger partial charge is 0.471 e. The van der Waals surface area contributed by atoms with Crippen LogP contribution in [0.15, 0.2) is 40.9 Å². The van der Waals surface area contributed by atoms with Gasteiger partial charge in [-0.1, -0.05) is 76.4 Å². The quantitative estimate of drug-likeness (QED) is 0.367. The molecule has 2 amide bonds. The molecule has 172 valence electrons. The lowest BCUT2D eigenvalue weighted by Crippen LogP contribution is -2.63. The van der Waals surface area contributed by atoms with Crippen LogP contribution in [0.25, 0.3) is 0 Å². The second-order valence-corrected chi connectivity index (χ2v) is 10.7. The van der Waals surface area contributed by atoms with E-state index in [1.807, 2.05) is 0 Å². The number of hydrogen-bond donors (Lipinski definition) is 2. The van der Waals surface area contributed by atoms with E-state index in [9.17, 15) is 9.59 Å². The Morgan fingerprint density at radius 2 is 1.52 bits per heavy atom. The number of ether oxygens (including phenoxy) is 2. The number of benzene rings is 2. The fourth-order valence-corrected chi connectivity index (χ4v) is 7.10. The monoisotopic (exact) mass is 544 g/mol. The zero-order valence-corrected chi connectivity index (χ0v) is 20.7. The molecule has 0 aromatic heterocycles. The second kappa shape index (κ2) is 8.17. The van der Waals surface area contributed by atoms with Crippen molar-refractivity contribution >= 4 is 70.0 Å². The molecule has 33 heavy (non-hydrogen) atoms. The van der Waals surface area contributed by atoms with Gasteiger partial charge in [0, 0.05) is 12.0 Å². The molecular weight excluding hydrogens is 530 g/mol. The molecule has 3 N–H and O–H groups in total. The van der Waals surface area contributed by atoms with Crippen LogP contribution in [0.2, 0.25) is 20.1 Å². The van der Waals surface area contributed by atoms with Crippen molar-refractivity contribution in [2.75, 3.05) is 0 Å². The molecular formula is C22H16Cl4N2O4S. The molecule has 2 aromatic carbocycles. The number of fused-ring (bicyclic) bond motifs is 1. The van der Waals surface area contributed by atoms with Crippen LogP contribution >= 0.6 is 58.2 Å². The topological polar surface area (TPSA) is 90.7 Å². The van der Waals surface area contributed by atoms with E-state index in [-0.39, 0.29) is 48.1 Å². The van der Waals surface area contributed by atoms with E-state index in [0.29, 0.717) is 18.4 Å². The first-order valence-electron chi connectivity index (χ1n) is 10.0. The van der Waals surface area contributed by atoms with Crippen molar-refractivity contribution in [3.8, 4) is 11.5 Å². The average Bonchev–Trinajstić information content (AvgIpc) is 3.10. The van der Waals surface area contributed by atoms with Crippen LogP contribution in [0, 0.1) is 0 Å². The summed E-state index contributed by atoms with van der Waals surface area (Å²) in [4.78, 5) is 24.6. The molecule has 1 saturated carbocycles. The third-order valence-corrected chi connectivity index (χ3v) is 9.26. The molecule has 0 saturated heterocycles. The van der Waals surface area contributed by atoms with Gasteiger partial charge in [-0.25, -0.2) is 0 Å². The molecule has 2 heterocycles. The first-order chi connectivity index (χ1) is 15.7. The molecule has 1 aliphatic carbocycles. The van der Waals surface area contributed by atoms with E-state index in [1.54, 1.807) is 30.3 Å². The molecule has 2 aliphatic heterocycles. The van der Waals surface area contributed by atoms with E-state index in [2.05, 4.69) is 5.32 Å². The van der Waals surface area contributed by atoms with Crippen LogP contribution in [0.4, 0.5) is 0 Å². The molecule has 2 atom stereocenters. The predicted molar refractivity (Wildman–Crippen MR) is 129 cm³/mol. The molecule has 2 aromatic rings. The Morgan fingerprint density at radius 3 is 2.15 bits per heavy atom. The van der Waals surface area contributed by atoms with Crippen LogP contribution < -0.4 is 20.5 Å². The van der Waals surface area contributed by atoms with Gasteiger partial charge in [0.15, 0.2) is 17.1 Å². The minimum absolute atomic E-state index is 0.0123. The Balaban J connectivity index is 1.66. The highest BCUT2D eigenvalue weighted by Crippen LogP contribution is 2.66. The molecule has 0 spiro atoms. The van der Waals surface area contributed by atoms with Crippen molar-refractivity contribution < 1.29 is 19.1 Å². The minimum Gasteiger partial charge on any atom is -0.471 e. The summed E-state index contributed by atoms with van der Waals surface area (Å²) in [5.74, 6) is -0.896. The van der Waals surface area contributed by atoms with Gasteiger partial charge in [0.05, 0.1) is 20.6 Å². The molecule has 0 unspecified atom stereocenters. The third-order valence-electron chi connectivity index (χ3n) is 6.03. The van der Waals surface area contributed by atoms with E-state index < -0.39 is 16.4 Å². The predicted octanol–water partition coefficient (Wildman–Crippen LogP) is 5.95. The minimum atomic E-state index is -1.29. The summed E-state index contributed by atoms with van der Waals surface area (Å²) in [6.45, 7) is 0. The van der Waals surface area contributed by atoms with Crippen molar-refractivity contribution in [2.24, 2.45) is 5.73 Å². The molecule has 3 aliphatic rings. The number of halogens is 4. The molecule has 0 radical (unpaired) electrons. The number of nitrogens with two attached hydrogens (primary N) is 1.